The molecule has 0 radical (unpaired) electrons. The van der Waals surface area contributed by atoms with E-state index in [4.69, 9.17) is 21.7 Å². The highest BCUT2D eigenvalue weighted by Crippen LogP contribution is 2.40. The fourth-order valence-electron chi connectivity index (χ4n) is 7.67. The van der Waals surface area contributed by atoms with Gasteiger partial charge < -0.3 is 35.0 Å². The SMILES string of the molecule is Cc1ncsc1-c1ccc(CNC(=O)[C@@H]2C[C@@H](O)CN2C(=O)[C@@H](NC(=O)CCOCC#CCOc2ccc(N3C(=S)N(c4ccc(C#N)c(C(F)(F)F)c4)C(=O)C3(C)C)cc2)C(C)(C)C)cc1. The van der Waals surface area contributed by atoms with Gasteiger partial charge in [0.25, 0.3) is 5.91 Å². The lowest BCUT2D eigenvalue weighted by molar-refractivity contribution is -0.144. The van der Waals surface area contributed by atoms with Crippen LogP contribution in [0.25, 0.3) is 10.4 Å². The second-order valence-corrected chi connectivity index (χ2v) is 18.8. The monoisotopic (exact) mass is 957 g/mol. The number of halogens is 3. The number of aromatic nitrogens is 1. The molecule has 4 amide bonds. The van der Waals surface area contributed by atoms with Crippen molar-refractivity contribution in [1.82, 2.24) is 20.5 Å². The fraction of sp³-hybridized carbons (Fsp3) is 0.396. The standard InChI is InChI=1S/C48H50F3N7O7S2/c1-29-40(67-28-54-29)31-11-9-30(10-12-31)26-53-42(61)38-24-35(59)27-56(38)43(62)41(46(2,3)4)55-39(60)19-22-64-20-7-8-21-65-36-17-15-33(16-18-36)58-45(66)57(44(63)47(58,5)6)34-14-13-32(25-52)37(23-34)48(49,50)51/h9-18,23,28,35,38,41,59H,19-22,24,26-27H2,1-6H3,(H,53,61)(H,55,60)/t35-,38+,41-/m1/s1. The number of anilines is 2. The minimum atomic E-state index is -4.82. The van der Waals surface area contributed by atoms with Crippen molar-refractivity contribution in [1.29, 1.82) is 5.26 Å². The molecule has 2 aliphatic rings. The number of carbonyl (C=O) groups excluding carboxylic acids is 4. The lowest BCUT2D eigenvalue weighted by Crippen LogP contribution is -2.57. The number of ether oxygens (including phenoxy) is 2. The van der Waals surface area contributed by atoms with Crippen LogP contribution in [-0.4, -0.2) is 93.8 Å². The average Bonchev–Trinajstić information content (AvgIpc) is 3.94. The summed E-state index contributed by atoms with van der Waals surface area (Å²) < 4.78 is 52.4. The summed E-state index contributed by atoms with van der Waals surface area (Å²) in [6.07, 6.45) is -5.72. The van der Waals surface area contributed by atoms with Gasteiger partial charge in [0.2, 0.25) is 17.7 Å². The van der Waals surface area contributed by atoms with E-state index in [0.717, 1.165) is 38.7 Å². The van der Waals surface area contributed by atoms with Crippen LogP contribution in [0.1, 0.15) is 69.8 Å². The number of aliphatic hydroxyl groups excluding tert-OH is 1. The summed E-state index contributed by atoms with van der Waals surface area (Å²) >= 11 is 7.15. The van der Waals surface area contributed by atoms with Crippen molar-refractivity contribution < 1.29 is 46.9 Å². The first kappa shape index (κ1) is 50.0. The Kier molecular flexibility index (Phi) is 15.4. The highest BCUT2D eigenvalue weighted by Gasteiger charge is 2.51. The van der Waals surface area contributed by atoms with E-state index in [1.54, 1.807) is 75.7 Å². The van der Waals surface area contributed by atoms with E-state index in [0.29, 0.717) is 11.4 Å². The normalized spacial score (nSPS) is 17.4. The largest absolute Gasteiger partial charge is 0.481 e. The minimum Gasteiger partial charge on any atom is -0.481 e. The number of carbonyl (C=O) groups is 4. The van der Waals surface area contributed by atoms with Crippen LogP contribution in [-0.2, 0) is 36.6 Å². The van der Waals surface area contributed by atoms with Gasteiger partial charge in [0.15, 0.2) is 5.11 Å². The molecular formula is C48H50F3N7O7S2. The van der Waals surface area contributed by atoms with Gasteiger partial charge in [0.05, 0.1) is 58.1 Å². The summed E-state index contributed by atoms with van der Waals surface area (Å²) in [5, 5.41) is 25.4. The quantitative estimate of drug-likeness (QED) is 0.0712. The Bertz CT molecular complexity index is 2610. The number of nitrogens with zero attached hydrogens (tertiary/aromatic N) is 5. The highest BCUT2D eigenvalue weighted by atomic mass is 32.1. The van der Waals surface area contributed by atoms with Crippen LogP contribution in [0.5, 0.6) is 5.75 Å². The molecule has 3 heterocycles. The molecule has 0 aliphatic carbocycles. The minimum absolute atomic E-state index is 0.00862. The molecule has 0 spiro atoms. The molecule has 0 bridgehead atoms. The molecule has 352 valence electrons. The maximum Gasteiger partial charge on any atom is 0.417 e. The van der Waals surface area contributed by atoms with Crippen LogP contribution >= 0.6 is 23.6 Å². The number of β-amino-alcohol motifs (C(OH)–C–C–N with tert-alkyl or cyclic N) is 1. The first-order valence-electron chi connectivity index (χ1n) is 21.2. The number of alkyl halides is 3. The van der Waals surface area contributed by atoms with Gasteiger partial charge in [-0.2, -0.15) is 18.4 Å². The number of hydrogen-bond acceptors (Lipinski definition) is 11. The number of benzene rings is 3. The molecule has 2 saturated heterocycles. The molecular weight excluding hydrogens is 908 g/mol. The maximum absolute atomic E-state index is 14.0. The van der Waals surface area contributed by atoms with E-state index in [-0.39, 0.29) is 56.6 Å². The van der Waals surface area contributed by atoms with Crippen molar-refractivity contribution in [2.24, 2.45) is 5.41 Å². The van der Waals surface area contributed by atoms with Gasteiger partial charge in [-0.05, 0) is 92.0 Å². The number of likely N-dealkylation sites (tertiary alicyclic amines) is 1. The highest BCUT2D eigenvalue weighted by molar-refractivity contribution is 7.81. The predicted octanol–water partition coefficient (Wildman–Crippen LogP) is 6.52. The molecule has 1 aromatic heterocycles. The third kappa shape index (κ3) is 11.6. The van der Waals surface area contributed by atoms with Crippen molar-refractivity contribution in [3.8, 4) is 34.1 Å². The predicted molar refractivity (Wildman–Crippen MR) is 250 cm³/mol. The molecule has 67 heavy (non-hydrogen) atoms. The average molecular weight is 958 g/mol. The Morgan fingerprint density at radius 1 is 1.03 bits per heavy atom. The van der Waals surface area contributed by atoms with Gasteiger partial charge in [-0.15, -0.1) is 11.3 Å². The Morgan fingerprint density at radius 2 is 1.70 bits per heavy atom. The van der Waals surface area contributed by atoms with Crippen LogP contribution in [0.15, 0.2) is 72.2 Å². The second kappa shape index (κ2) is 20.6. The van der Waals surface area contributed by atoms with Gasteiger partial charge in [0.1, 0.15) is 36.6 Å². The smallest absolute Gasteiger partial charge is 0.417 e. The van der Waals surface area contributed by atoms with E-state index in [9.17, 15) is 42.7 Å². The van der Waals surface area contributed by atoms with Crippen molar-refractivity contribution in [3.05, 3.63) is 94.6 Å². The Labute approximate surface area is 396 Å². The second-order valence-electron chi connectivity index (χ2n) is 17.5. The maximum atomic E-state index is 14.0. The zero-order chi connectivity index (χ0) is 48.8. The molecule has 0 saturated carbocycles. The molecule has 0 unspecified atom stereocenters. The Morgan fingerprint density at radius 3 is 2.33 bits per heavy atom. The van der Waals surface area contributed by atoms with Crippen molar-refractivity contribution in [3.63, 3.8) is 0 Å². The van der Waals surface area contributed by atoms with Crippen molar-refractivity contribution >= 4 is 63.7 Å². The molecule has 2 fully saturated rings. The molecule has 2 aliphatic heterocycles. The molecule has 3 N–H and O–H groups in total. The van der Waals surface area contributed by atoms with Crippen LogP contribution in [0.2, 0.25) is 0 Å². The van der Waals surface area contributed by atoms with E-state index in [1.165, 1.54) is 21.9 Å². The molecule has 6 rings (SSSR count). The summed E-state index contributed by atoms with van der Waals surface area (Å²) in [7, 11) is 0. The molecule has 14 nitrogen and oxygen atoms in total. The van der Waals surface area contributed by atoms with Crippen molar-refractivity contribution in [2.75, 3.05) is 36.2 Å². The lowest BCUT2D eigenvalue weighted by atomic mass is 9.85. The van der Waals surface area contributed by atoms with Crippen LogP contribution < -0.4 is 25.2 Å². The molecule has 4 aromatic rings. The summed E-state index contributed by atoms with van der Waals surface area (Å²) in [5.41, 5.74) is 1.27. The number of thiocarbonyl (C=S) groups is 1. The summed E-state index contributed by atoms with van der Waals surface area (Å²) in [6, 6.07) is 17.0. The van der Waals surface area contributed by atoms with E-state index in [2.05, 4.69) is 27.5 Å². The third-order valence-corrected chi connectivity index (χ3v) is 12.6. The van der Waals surface area contributed by atoms with Gasteiger partial charge in [-0.25, -0.2) is 4.98 Å². The lowest BCUT2D eigenvalue weighted by Gasteiger charge is -2.35. The summed E-state index contributed by atoms with van der Waals surface area (Å²) in [4.78, 5) is 63.2. The van der Waals surface area contributed by atoms with Crippen LogP contribution in [0.4, 0.5) is 24.5 Å². The van der Waals surface area contributed by atoms with Gasteiger partial charge in [0, 0.05) is 25.2 Å². The third-order valence-electron chi connectivity index (χ3n) is 11.2. The van der Waals surface area contributed by atoms with E-state index in [1.807, 2.05) is 31.2 Å². The van der Waals surface area contributed by atoms with E-state index < -0.39 is 70.1 Å². The first-order valence-corrected chi connectivity index (χ1v) is 22.5. The molecule has 19 heteroatoms. The zero-order valence-corrected chi connectivity index (χ0v) is 39.3. The number of aryl methyl sites for hydroxylation is 1. The van der Waals surface area contributed by atoms with Gasteiger partial charge in [-0.1, -0.05) is 56.9 Å². The first-order chi connectivity index (χ1) is 31.6. The zero-order valence-electron chi connectivity index (χ0n) is 37.7. The molecule has 3 aromatic carbocycles. The number of hydrogen-bond donors (Lipinski definition) is 3. The Balaban J connectivity index is 0.948. The van der Waals surface area contributed by atoms with Gasteiger partial charge in [-0.3, -0.25) is 24.1 Å². The fourth-order valence-corrected chi connectivity index (χ4v) is 9.01. The number of thiazole rings is 1. The van der Waals surface area contributed by atoms with Crippen LogP contribution in [0, 0.1) is 35.5 Å². The molecule has 3 atom stereocenters. The van der Waals surface area contributed by atoms with Crippen LogP contribution in [0.3, 0.4) is 0 Å². The number of nitriles is 1. The Hall–Kier alpha value is -6.38. The number of rotatable bonds is 14. The van der Waals surface area contributed by atoms with E-state index >= 15 is 0 Å². The number of nitrogens with one attached hydrogen (secondary N) is 2. The summed E-state index contributed by atoms with van der Waals surface area (Å²) in [6.45, 7) is 10.7. The van der Waals surface area contributed by atoms with Crippen molar-refractivity contribution in [2.45, 2.75) is 90.8 Å². The number of aliphatic hydroxyl groups is 1. The topological polar surface area (TPSA) is 177 Å². The number of amides is 4. The summed E-state index contributed by atoms with van der Waals surface area (Å²) in [5.74, 6) is 4.20. The van der Waals surface area contributed by atoms with Gasteiger partial charge >= 0.3 is 6.18 Å².